The normalized spacial score (nSPS) is 14.7. The number of nitrogens with one attached hydrogen (secondary N) is 1. The van der Waals surface area contributed by atoms with E-state index in [1.807, 2.05) is 42.6 Å². The molecule has 3 N–H and O–H groups in total. The topological polar surface area (TPSA) is 71.2 Å². The van der Waals surface area contributed by atoms with E-state index in [4.69, 9.17) is 5.73 Å². The number of anilines is 2. The number of piperidine rings is 1. The van der Waals surface area contributed by atoms with Gasteiger partial charge in [-0.2, -0.15) is 0 Å². The van der Waals surface area contributed by atoms with E-state index < -0.39 is 0 Å². The number of nitrogens with two attached hydrogens (primary N) is 1. The SMILES string of the molecule is Nc1ccccc1NC(=O)c1ccc(-c2ncc(CN3CCCCC3)s2)cc1. The van der Waals surface area contributed by atoms with Crippen molar-refractivity contribution >= 4 is 28.6 Å². The summed E-state index contributed by atoms with van der Waals surface area (Å²) < 4.78 is 0. The third-order valence-electron chi connectivity index (χ3n) is 4.98. The van der Waals surface area contributed by atoms with Crippen LogP contribution in [0.2, 0.25) is 0 Å². The molecule has 28 heavy (non-hydrogen) atoms. The summed E-state index contributed by atoms with van der Waals surface area (Å²) in [6, 6.07) is 14.8. The van der Waals surface area contributed by atoms with Gasteiger partial charge in [-0.05, 0) is 50.2 Å². The molecule has 1 aliphatic rings. The van der Waals surface area contributed by atoms with E-state index in [0.717, 1.165) is 17.1 Å². The molecule has 0 bridgehead atoms. The molecule has 1 saturated heterocycles. The van der Waals surface area contributed by atoms with Gasteiger partial charge < -0.3 is 11.1 Å². The maximum Gasteiger partial charge on any atom is 0.255 e. The zero-order chi connectivity index (χ0) is 19.3. The van der Waals surface area contributed by atoms with Gasteiger partial charge in [0.25, 0.3) is 5.91 Å². The summed E-state index contributed by atoms with van der Waals surface area (Å²) in [5.41, 5.74) is 8.70. The van der Waals surface area contributed by atoms with E-state index >= 15 is 0 Å². The number of para-hydroxylation sites is 2. The summed E-state index contributed by atoms with van der Waals surface area (Å²) in [5.74, 6) is -0.172. The Hall–Kier alpha value is -2.70. The van der Waals surface area contributed by atoms with Crippen molar-refractivity contribution in [3.8, 4) is 10.6 Å². The second-order valence-electron chi connectivity index (χ2n) is 7.09. The molecule has 1 amide bonds. The third kappa shape index (κ3) is 4.40. The van der Waals surface area contributed by atoms with Crippen molar-refractivity contribution in [3.05, 3.63) is 65.2 Å². The number of carbonyl (C=O) groups excluding carboxylic acids is 1. The number of likely N-dealkylation sites (tertiary alicyclic amines) is 1. The Labute approximate surface area is 169 Å². The summed E-state index contributed by atoms with van der Waals surface area (Å²) in [4.78, 5) is 20.8. The first-order chi connectivity index (χ1) is 13.7. The van der Waals surface area contributed by atoms with Gasteiger partial charge in [-0.15, -0.1) is 11.3 Å². The number of aromatic nitrogens is 1. The zero-order valence-electron chi connectivity index (χ0n) is 15.7. The largest absolute Gasteiger partial charge is 0.397 e. The lowest BCUT2D eigenvalue weighted by atomic mass is 10.1. The van der Waals surface area contributed by atoms with E-state index in [-0.39, 0.29) is 5.91 Å². The summed E-state index contributed by atoms with van der Waals surface area (Å²) in [7, 11) is 0. The minimum absolute atomic E-state index is 0.172. The monoisotopic (exact) mass is 392 g/mol. The maximum atomic E-state index is 12.5. The first-order valence-corrected chi connectivity index (χ1v) is 10.4. The highest BCUT2D eigenvalue weighted by Crippen LogP contribution is 2.27. The van der Waals surface area contributed by atoms with Crippen molar-refractivity contribution in [2.75, 3.05) is 24.1 Å². The van der Waals surface area contributed by atoms with Gasteiger partial charge in [0.15, 0.2) is 0 Å². The number of hydrogen-bond donors (Lipinski definition) is 2. The average molecular weight is 393 g/mol. The van der Waals surface area contributed by atoms with E-state index in [1.54, 1.807) is 23.5 Å². The van der Waals surface area contributed by atoms with Gasteiger partial charge >= 0.3 is 0 Å². The van der Waals surface area contributed by atoms with Crippen molar-refractivity contribution in [1.82, 2.24) is 9.88 Å². The molecule has 2 heterocycles. The third-order valence-corrected chi connectivity index (χ3v) is 6.02. The van der Waals surface area contributed by atoms with Gasteiger partial charge in [-0.25, -0.2) is 4.98 Å². The molecule has 0 atom stereocenters. The Morgan fingerprint density at radius 3 is 2.57 bits per heavy atom. The van der Waals surface area contributed by atoms with E-state index in [0.29, 0.717) is 16.9 Å². The minimum atomic E-state index is -0.172. The Morgan fingerprint density at radius 2 is 1.82 bits per heavy atom. The predicted octanol–water partition coefficient (Wildman–Crippen LogP) is 4.63. The number of carbonyl (C=O) groups is 1. The Balaban J connectivity index is 1.41. The number of nitrogen functional groups attached to an aromatic ring is 1. The van der Waals surface area contributed by atoms with Crippen molar-refractivity contribution < 1.29 is 4.79 Å². The molecular formula is C22H24N4OS. The number of hydrogen-bond acceptors (Lipinski definition) is 5. The summed E-state index contributed by atoms with van der Waals surface area (Å²) in [6.45, 7) is 3.35. The van der Waals surface area contributed by atoms with Gasteiger partial charge in [-0.1, -0.05) is 30.7 Å². The molecule has 0 spiro atoms. The first-order valence-electron chi connectivity index (χ1n) is 9.62. The van der Waals surface area contributed by atoms with Crippen LogP contribution < -0.4 is 11.1 Å². The second kappa shape index (κ2) is 8.54. The maximum absolute atomic E-state index is 12.5. The summed E-state index contributed by atoms with van der Waals surface area (Å²) in [6.07, 6.45) is 5.92. The Kier molecular flexibility index (Phi) is 5.69. The second-order valence-corrected chi connectivity index (χ2v) is 8.20. The van der Waals surface area contributed by atoms with E-state index in [1.165, 1.54) is 37.2 Å². The van der Waals surface area contributed by atoms with Gasteiger partial charge in [-0.3, -0.25) is 9.69 Å². The highest BCUT2D eigenvalue weighted by Gasteiger charge is 2.13. The molecule has 1 fully saturated rings. The highest BCUT2D eigenvalue weighted by atomic mass is 32.1. The number of thiazole rings is 1. The van der Waals surface area contributed by atoms with Crippen LogP contribution >= 0.6 is 11.3 Å². The molecule has 0 saturated carbocycles. The quantitative estimate of drug-likeness (QED) is 0.621. The fourth-order valence-corrected chi connectivity index (χ4v) is 4.38. The predicted molar refractivity (Wildman–Crippen MR) is 115 cm³/mol. The number of nitrogens with zero attached hydrogens (tertiary/aromatic N) is 2. The number of benzene rings is 2. The summed E-state index contributed by atoms with van der Waals surface area (Å²) >= 11 is 1.73. The van der Waals surface area contributed by atoms with Crippen molar-refractivity contribution in [3.63, 3.8) is 0 Å². The molecule has 0 unspecified atom stereocenters. The van der Waals surface area contributed by atoms with Crippen molar-refractivity contribution in [2.45, 2.75) is 25.8 Å². The first kappa shape index (κ1) is 18.7. The average Bonchev–Trinajstić information content (AvgIpc) is 3.19. The van der Waals surface area contributed by atoms with Crippen LogP contribution in [0.25, 0.3) is 10.6 Å². The lowest BCUT2D eigenvalue weighted by molar-refractivity contribution is 0.102. The van der Waals surface area contributed by atoms with Gasteiger partial charge in [0.05, 0.1) is 11.4 Å². The van der Waals surface area contributed by atoms with Gasteiger partial charge in [0.1, 0.15) is 5.01 Å². The van der Waals surface area contributed by atoms with Crippen LogP contribution in [0, 0.1) is 0 Å². The van der Waals surface area contributed by atoms with Crippen LogP contribution in [0.15, 0.2) is 54.7 Å². The molecule has 5 nitrogen and oxygen atoms in total. The zero-order valence-corrected chi connectivity index (χ0v) is 16.5. The molecule has 1 aliphatic heterocycles. The molecule has 3 aromatic rings. The van der Waals surface area contributed by atoms with Crippen LogP contribution in [0.1, 0.15) is 34.5 Å². The summed E-state index contributed by atoms with van der Waals surface area (Å²) in [5, 5.41) is 3.84. The standard InChI is InChI=1S/C22H24N4OS/c23-19-6-2-3-7-20(19)25-21(27)16-8-10-17(11-9-16)22-24-14-18(28-22)15-26-12-4-1-5-13-26/h2-3,6-11,14H,1,4-5,12-13,15,23H2,(H,25,27). The smallest absolute Gasteiger partial charge is 0.255 e. The van der Waals surface area contributed by atoms with Crippen LogP contribution in [0.4, 0.5) is 11.4 Å². The molecule has 1 aromatic heterocycles. The fraction of sp³-hybridized carbons (Fsp3) is 0.273. The van der Waals surface area contributed by atoms with Crippen molar-refractivity contribution in [2.24, 2.45) is 0 Å². The van der Waals surface area contributed by atoms with Crippen LogP contribution in [-0.4, -0.2) is 28.9 Å². The van der Waals surface area contributed by atoms with Crippen molar-refractivity contribution in [1.29, 1.82) is 0 Å². The number of amides is 1. The molecule has 2 aromatic carbocycles. The Morgan fingerprint density at radius 1 is 1.07 bits per heavy atom. The van der Waals surface area contributed by atoms with Crippen LogP contribution in [0.5, 0.6) is 0 Å². The van der Waals surface area contributed by atoms with Crippen LogP contribution in [-0.2, 0) is 6.54 Å². The molecular weight excluding hydrogens is 368 g/mol. The van der Waals surface area contributed by atoms with Crippen LogP contribution in [0.3, 0.4) is 0 Å². The lowest BCUT2D eigenvalue weighted by Crippen LogP contribution is -2.28. The molecule has 0 radical (unpaired) electrons. The molecule has 0 aliphatic carbocycles. The Bertz CT molecular complexity index is 945. The molecule has 4 rings (SSSR count). The van der Waals surface area contributed by atoms with Gasteiger partial charge in [0, 0.05) is 28.7 Å². The molecule has 144 valence electrons. The minimum Gasteiger partial charge on any atom is -0.397 e. The highest BCUT2D eigenvalue weighted by molar-refractivity contribution is 7.15. The lowest BCUT2D eigenvalue weighted by Gasteiger charge is -2.25. The van der Waals surface area contributed by atoms with Gasteiger partial charge in [0.2, 0.25) is 0 Å². The fourth-order valence-electron chi connectivity index (χ4n) is 3.42. The number of rotatable bonds is 5. The molecule has 6 heteroatoms. The van der Waals surface area contributed by atoms with E-state index in [2.05, 4.69) is 15.2 Å². The van der Waals surface area contributed by atoms with E-state index in [9.17, 15) is 4.79 Å².